The summed E-state index contributed by atoms with van der Waals surface area (Å²) < 4.78 is 15.0. The average molecular weight is 454 g/mol. The number of nitrogens with zero attached hydrogens (tertiary/aromatic N) is 6. The lowest BCUT2D eigenvalue weighted by molar-refractivity contribution is -0.117. The largest absolute Gasteiger partial charge is 0.369 e. The molecule has 0 radical (unpaired) electrons. The zero-order valence-corrected chi connectivity index (χ0v) is 18.9. The molecule has 0 spiro atoms. The molecule has 3 rings (SSSR count). The van der Waals surface area contributed by atoms with Crippen molar-refractivity contribution in [3.8, 4) is 12.1 Å². The van der Waals surface area contributed by atoms with Gasteiger partial charge in [0.2, 0.25) is 5.91 Å². The van der Waals surface area contributed by atoms with Gasteiger partial charge in [0.15, 0.2) is 5.82 Å². The molecular formula is C22H24FN7OS. The highest BCUT2D eigenvalue weighted by atomic mass is 32.2. The maximum atomic E-state index is 15.0. The van der Waals surface area contributed by atoms with Crippen molar-refractivity contribution in [3.05, 3.63) is 40.5 Å². The summed E-state index contributed by atoms with van der Waals surface area (Å²) >= 11 is 0.992. The number of likely N-dealkylation sites (N-methyl/N-ethyl adjacent to an activating group) is 1. The fourth-order valence-electron chi connectivity index (χ4n) is 3.68. The van der Waals surface area contributed by atoms with Crippen LogP contribution in [0.25, 0.3) is 0 Å². The minimum atomic E-state index is -0.686. The van der Waals surface area contributed by atoms with Gasteiger partial charge >= 0.3 is 0 Å². The fourth-order valence-corrected chi connectivity index (χ4v) is 4.63. The van der Waals surface area contributed by atoms with Gasteiger partial charge in [-0.3, -0.25) is 9.78 Å². The first-order chi connectivity index (χ1) is 15.4. The second-order valence-electron chi connectivity index (χ2n) is 7.51. The van der Waals surface area contributed by atoms with Crippen LogP contribution in [0.4, 0.5) is 10.2 Å². The molecule has 0 bridgehead atoms. The Labute approximate surface area is 190 Å². The summed E-state index contributed by atoms with van der Waals surface area (Å²) in [6, 6.07) is 5.86. The number of hydrogen-bond acceptors (Lipinski definition) is 8. The first-order valence-corrected chi connectivity index (χ1v) is 11.1. The van der Waals surface area contributed by atoms with E-state index in [1.54, 1.807) is 0 Å². The fraction of sp³-hybridized carbons (Fsp3) is 0.409. The van der Waals surface area contributed by atoms with Gasteiger partial charge in [-0.15, -0.1) is 0 Å². The third kappa shape index (κ3) is 4.98. The Morgan fingerprint density at radius 3 is 2.66 bits per heavy atom. The van der Waals surface area contributed by atoms with Gasteiger partial charge in [0, 0.05) is 25.8 Å². The molecule has 0 atom stereocenters. The van der Waals surface area contributed by atoms with Gasteiger partial charge in [-0.2, -0.15) is 10.5 Å². The Balaban J connectivity index is 2.11. The van der Waals surface area contributed by atoms with Gasteiger partial charge in [0.25, 0.3) is 0 Å². The van der Waals surface area contributed by atoms with Crippen LogP contribution in [-0.4, -0.2) is 54.0 Å². The number of rotatable bonds is 6. The molecule has 32 heavy (non-hydrogen) atoms. The number of amides is 1. The van der Waals surface area contributed by atoms with Crippen molar-refractivity contribution < 1.29 is 9.18 Å². The normalized spacial score (nSPS) is 14.5. The summed E-state index contributed by atoms with van der Waals surface area (Å²) in [6.07, 6.45) is 2.46. The Kier molecular flexibility index (Phi) is 7.62. The third-order valence-electron chi connectivity index (χ3n) is 5.32. The van der Waals surface area contributed by atoms with Crippen LogP contribution in [0.1, 0.15) is 35.7 Å². The van der Waals surface area contributed by atoms with Crippen LogP contribution in [-0.2, 0) is 17.6 Å². The summed E-state index contributed by atoms with van der Waals surface area (Å²) in [5.74, 6) is -0.829. The molecule has 0 aliphatic carbocycles. The summed E-state index contributed by atoms with van der Waals surface area (Å²) in [6.45, 7) is 5.08. The van der Waals surface area contributed by atoms with Crippen molar-refractivity contribution in [3.63, 3.8) is 0 Å². The molecule has 8 nitrogen and oxygen atoms in total. The van der Waals surface area contributed by atoms with E-state index in [1.807, 2.05) is 6.92 Å². The van der Waals surface area contributed by atoms with E-state index in [-0.39, 0.29) is 22.6 Å². The molecule has 2 aromatic rings. The number of hydrogen-bond donors (Lipinski definition) is 1. The molecule has 2 N–H and O–H groups in total. The van der Waals surface area contributed by atoms with Gasteiger partial charge in [-0.1, -0.05) is 18.7 Å². The second kappa shape index (κ2) is 10.4. The van der Waals surface area contributed by atoms with E-state index < -0.39 is 11.7 Å². The highest BCUT2D eigenvalue weighted by Gasteiger charge is 2.25. The van der Waals surface area contributed by atoms with Crippen molar-refractivity contribution in [2.75, 3.05) is 38.1 Å². The Morgan fingerprint density at radius 1 is 1.25 bits per heavy atom. The summed E-state index contributed by atoms with van der Waals surface area (Å²) in [4.78, 5) is 24.3. The molecule has 1 fully saturated rings. The molecular weight excluding hydrogens is 429 g/mol. The smallest absolute Gasteiger partial charge is 0.223 e. The van der Waals surface area contributed by atoms with Gasteiger partial charge in [0.05, 0.1) is 28.1 Å². The molecule has 166 valence electrons. The standard InChI is InChI=1S/C22H24FN7OS/c1-3-14-15(12-24)21(30-8-4-7-29(2)9-10-30)28-22(16(14)13-25)32-18-5-6-27-17(20(18)23)11-19(26)31/h5-6H,3-4,7-11H2,1-2H3,(H2,26,31). The molecule has 1 amide bonds. The van der Waals surface area contributed by atoms with Gasteiger partial charge in [-0.25, -0.2) is 9.37 Å². The highest BCUT2D eigenvalue weighted by Crippen LogP contribution is 2.37. The molecule has 2 aromatic heterocycles. The number of nitrogens with two attached hydrogens (primary N) is 1. The van der Waals surface area contributed by atoms with Crippen molar-refractivity contribution >= 4 is 23.5 Å². The molecule has 1 aliphatic rings. The lowest BCUT2D eigenvalue weighted by atomic mass is 10.0. The Morgan fingerprint density at radius 2 is 2.00 bits per heavy atom. The zero-order valence-electron chi connectivity index (χ0n) is 18.1. The zero-order chi connectivity index (χ0) is 23.3. The summed E-state index contributed by atoms with van der Waals surface area (Å²) in [7, 11) is 2.05. The Hall–Kier alpha value is -3.21. The first-order valence-electron chi connectivity index (χ1n) is 10.3. The van der Waals surface area contributed by atoms with Crippen LogP contribution in [0.15, 0.2) is 22.2 Å². The van der Waals surface area contributed by atoms with Crippen LogP contribution < -0.4 is 10.6 Å². The van der Waals surface area contributed by atoms with Crippen molar-refractivity contribution in [2.24, 2.45) is 5.73 Å². The lowest BCUT2D eigenvalue weighted by Gasteiger charge is -2.25. The monoisotopic (exact) mass is 453 g/mol. The van der Waals surface area contributed by atoms with E-state index in [1.165, 1.54) is 12.3 Å². The van der Waals surface area contributed by atoms with Crippen LogP contribution in [0, 0.1) is 28.5 Å². The number of nitriles is 2. The topological polar surface area (TPSA) is 123 Å². The molecule has 3 heterocycles. The van der Waals surface area contributed by atoms with E-state index >= 15 is 0 Å². The molecule has 0 aromatic carbocycles. The number of pyridine rings is 2. The van der Waals surface area contributed by atoms with Crippen molar-refractivity contribution in [2.45, 2.75) is 36.1 Å². The van der Waals surface area contributed by atoms with E-state index in [0.717, 1.165) is 37.8 Å². The summed E-state index contributed by atoms with van der Waals surface area (Å²) in [5.41, 5.74) is 6.39. The number of halogens is 1. The van der Waals surface area contributed by atoms with Gasteiger partial charge in [-0.05, 0) is 38.1 Å². The van der Waals surface area contributed by atoms with E-state index in [9.17, 15) is 19.7 Å². The molecule has 10 heteroatoms. The van der Waals surface area contributed by atoms with E-state index in [0.29, 0.717) is 34.9 Å². The van der Waals surface area contributed by atoms with E-state index in [4.69, 9.17) is 5.73 Å². The van der Waals surface area contributed by atoms with E-state index in [2.05, 4.69) is 39.0 Å². The van der Waals surface area contributed by atoms with Crippen LogP contribution in [0.5, 0.6) is 0 Å². The van der Waals surface area contributed by atoms with Gasteiger partial charge in [0.1, 0.15) is 23.0 Å². The maximum absolute atomic E-state index is 15.0. The molecule has 1 saturated heterocycles. The number of carbonyl (C=O) groups excluding carboxylic acids is 1. The SMILES string of the molecule is CCc1c(C#N)c(Sc2ccnc(CC(N)=O)c2F)nc(N2CCCN(C)CC2)c1C#N. The third-order valence-corrected chi connectivity index (χ3v) is 6.34. The van der Waals surface area contributed by atoms with Crippen molar-refractivity contribution in [1.29, 1.82) is 10.5 Å². The molecule has 1 aliphatic heterocycles. The van der Waals surface area contributed by atoms with Crippen molar-refractivity contribution in [1.82, 2.24) is 14.9 Å². The van der Waals surface area contributed by atoms with Crippen LogP contribution in [0.3, 0.4) is 0 Å². The molecule has 0 saturated carbocycles. The highest BCUT2D eigenvalue weighted by molar-refractivity contribution is 7.99. The van der Waals surface area contributed by atoms with Crippen LogP contribution in [0.2, 0.25) is 0 Å². The van der Waals surface area contributed by atoms with Crippen LogP contribution >= 0.6 is 11.8 Å². The number of aromatic nitrogens is 2. The maximum Gasteiger partial charge on any atom is 0.223 e. The summed E-state index contributed by atoms with van der Waals surface area (Å²) in [5, 5.41) is 20.1. The number of anilines is 1. The molecule has 0 unspecified atom stereocenters. The van der Waals surface area contributed by atoms with Gasteiger partial charge < -0.3 is 15.5 Å². The first kappa shape index (κ1) is 23.5. The quantitative estimate of drug-likeness (QED) is 0.706. The second-order valence-corrected chi connectivity index (χ2v) is 8.54. The predicted molar refractivity (Wildman–Crippen MR) is 119 cm³/mol. The average Bonchev–Trinajstić information content (AvgIpc) is 2.99. The lowest BCUT2D eigenvalue weighted by Crippen LogP contribution is -2.30. The Bertz CT molecular complexity index is 1110. The minimum absolute atomic E-state index is 0.0545. The number of primary amides is 1. The predicted octanol–water partition coefficient (Wildman–Crippen LogP) is 2.24. The minimum Gasteiger partial charge on any atom is -0.369 e. The number of carbonyl (C=O) groups is 1.